The number of benzene rings is 2. The molecule has 0 bridgehead atoms. The van der Waals surface area contributed by atoms with E-state index in [9.17, 15) is 18.4 Å². The summed E-state index contributed by atoms with van der Waals surface area (Å²) in [6.45, 7) is 5.07. The van der Waals surface area contributed by atoms with Gasteiger partial charge < -0.3 is 10.6 Å². The molecule has 1 aliphatic heterocycles. The van der Waals surface area contributed by atoms with Gasteiger partial charge in [-0.15, -0.1) is 0 Å². The second-order valence-electron chi connectivity index (χ2n) is 7.39. The first-order chi connectivity index (χ1) is 14.4. The van der Waals surface area contributed by atoms with Crippen LogP contribution in [-0.2, 0) is 16.1 Å². The van der Waals surface area contributed by atoms with Gasteiger partial charge in [0.15, 0.2) is 0 Å². The first-order valence-electron chi connectivity index (χ1n) is 9.94. The van der Waals surface area contributed by atoms with E-state index in [0.717, 1.165) is 5.56 Å². The highest BCUT2D eigenvalue weighted by Crippen LogP contribution is 2.11. The molecule has 2 aromatic rings. The number of hydrogen-bond donors (Lipinski definition) is 2. The van der Waals surface area contributed by atoms with Gasteiger partial charge in [-0.2, -0.15) is 0 Å². The molecule has 1 aliphatic rings. The van der Waals surface area contributed by atoms with Gasteiger partial charge in [-0.1, -0.05) is 18.2 Å². The van der Waals surface area contributed by atoms with E-state index in [0.29, 0.717) is 38.4 Å². The normalized spacial score (nSPS) is 16.1. The zero-order valence-electron chi connectivity index (χ0n) is 16.9. The number of anilines is 1. The highest BCUT2D eigenvalue weighted by molar-refractivity contribution is 5.92. The smallest absolute Gasteiger partial charge is 0.238 e. The van der Waals surface area contributed by atoms with Crippen molar-refractivity contribution >= 4 is 17.5 Å². The number of piperazine rings is 1. The summed E-state index contributed by atoms with van der Waals surface area (Å²) in [5, 5.41) is 5.58. The van der Waals surface area contributed by atoms with Crippen LogP contribution in [-0.4, -0.2) is 60.4 Å². The third kappa shape index (κ3) is 6.33. The number of halogens is 2. The molecule has 0 saturated carbocycles. The fourth-order valence-electron chi connectivity index (χ4n) is 3.38. The number of carbonyl (C=O) groups excluding carboxylic acids is 2. The first-order valence-corrected chi connectivity index (χ1v) is 9.94. The predicted molar refractivity (Wildman–Crippen MR) is 111 cm³/mol. The van der Waals surface area contributed by atoms with Crippen LogP contribution < -0.4 is 10.6 Å². The Kier molecular flexibility index (Phi) is 7.48. The zero-order chi connectivity index (χ0) is 21.5. The minimum atomic E-state index is -0.395. The van der Waals surface area contributed by atoms with Gasteiger partial charge in [-0.3, -0.25) is 19.4 Å². The summed E-state index contributed by atoms with van der Waals surface area (Å²) in [5.41, 5.74) is 1.27. The van der Waals surface area contributed by atoms with Gasteiger partial charge in [0.1, 0.15) is 11.6 Å². The van der Waals surface area contributed by atoms with Crippen molar-refractivity contribution < 1.29 is 18.4 Å². The van der Waals surface area contributed by atoms with Crippen LogP contribution in [0.3, 0.4) is 0 Å². The van der Waals surface area contributed by atoms with E-state index in [-0.39, 0.29) is 30.2 Å². The summed E-state index contributed by atoms with van der Waals surface area (Å²) in [6.07, 6.45) is 0. The van der Waals surface area contributed by atoms with E-state index in [1.54, 1.807) is 24.3 Å². The van der Waals surface area contributed by atoms with Gasteiger partial charge in [0.05, 0.1) is 12.6 Å². The number of amides is 2. The van der Waals surface area contributed by atoms with Crippen molar-refractivity contribution in [3.05, 3.63) is 65.7 Å². The van der Waals surface area contributed by atoms with Crippen molar-refractivity contribution in [3.8, 4) is 0 Å². The fourth-order valence-corrected chi connectivity index (χ4v) is 3.38. The van der Waals surface area contributed by atoms with E-state index < -0.39 is 5.82 Å². The Morgan fingerprint density at radius 1 is 1.00 bits per heavy atom. The van der Waals surface area contributed by atoms with E-state index in [1.807, 2.05) is 11.8 Å². The summed E-state index contributed by atoms with van der Waals surface area (Å²) >= 11 is 0. The molecule has 30 heavy (non-hydrogen) atoms. The molecule has 2 aromatic carbocycles. The Morgan fingerprint density at radius 3 is 2.37 bits per heavy atom. The van der Waals surface area contributed by atoms with Crippen molar-refractivity contribution in [2.45, 2.75) is 19.5 Å². The fraction of sp³-hybridized carbons (Fsp3) is 0.364. The molecule has 160 valence electrons. The molecule has 2 amide bonds. The van der Waals surface area contributed by atoms with Gasteiger partial charge in [-0.05, 0) is 42.8 Å². The van der Waals surface area contributed by atoms with Crippen molar-refractivity contribution in [1.82, 2.24) is 15.1 Å². The summed E-state index contributed by atoms with van der Waals surface area (Å²) < 4.78 is 26.2. The van der Waals surface area contributed by atoms with E-state index in [4.69, 9.17) is 0 Å². The lowest BCUT2D eigenvalue weighted by Gasteiger charge is -2.37. The SMILES string of the molecule is C[C@@H](C(=O)NCc1ccc(F)cc1)N1CCN(CC(=O)Nc2cccc(F)c2)CC1. The second-order valence-corrected chi connectivity index (χ2v) is 7.39. The molecule has 1 saturated heterocycles. The molecule has 1 heterocycles. The summed E-state index contributed by atoms with van der Waals surface area (Å²) in [7, 11) is 0. The minimum absolute atomic E-state index is 0.0865. The molecule has 1 atom stereocenters. The van der Waals surface area contributed by atoms with Gasteiger partial charge in [0.25, 0.3) is 0 Å². The predicted octanol–water partition coefficient (Wildman–Crippen LogP) is 2.23. The van der Waals surface area contributed by atoms with Gasteiger partial charge in [-0.25, -0.2) is 8.78 Å². The zero-order valence-corrected chi connectivity index (χ0v) is 16.9. The lowest BCUT2D eigenvalue weighted by atomic mass is 10.2. The minimum Gasteiger partial charge on any atom is -0.351 e. The third-order valence-corrected chi connectivity index (χ3v) is 5.19. The van der Waals surface area contributed by atoms with E-state index >= 15 is 0 Å². The molecule has 0 aliphatic carbocycles. The van der Waals surface area contributed by atoms with E-state index in [1.165, 1.54) is 24.3 Å². The molecule has 3 rings (SSSR count). The van der Waals surface area contributed by atoms with Crippen LogP contribution in [0.1, 0.15) is 12.5 Å². The molecule has 0 spiro atoms. The molecular formula is C22H26F2N4O2. The van der Waals surface area contributed by atoms with Crippen LogP contribution in [0.2, 0.25) is 0 Å². The number of nitrogens with one attached hydrogen (secondary N) is 2. The Hall–Kier alpha value is -2.84. The molecule has 0 aromatic heterocycles. The van der Waals surface area contributed by atoms with E-state index in [2.05, 4.69) is 15.5 Å². The van der Waals surface area contributed by atoms with Crippen molar-refractivity contribution in [2.75, 3.05) is 38.0 Å². The van der Waals surface area contributed by atoms with Gasteiger partial charge >= 0.3 is 0 Å². The maximum absolute atomic E-state index is 13.2. The first kappa shape index (κ1) is 21.9. The highest BCUT2D eigenvalue weighted by atomic mass is 19.1. The molecule has 0 radical (unpaired) electrons. The van der Waals surface area contributed by atoms with Gasteiger partial charge in [0, 0.05) is 38.4 Å². The summed E-state index contributed by atoms with van der Waals surface area (Å²) in [5.74, 6) is -0.982. The number of hydrogen-bond acceptors (Lipinski definition) is 4. The van der Waals surface area contributed by atoms with Crippen LogP contribution in [0.5, 0.6) is 0 Å². The Labute approximate surface area is 174 Å². The Morgan fingerprint density at radius 2 is 1.70 bits per heavy atom. The maximum atomic E-state index is 13.2. The number of carbonyl (C=O) groups is 2. The monoisotopic (exact) mass is 416 g/mol. The Bertz CT molecular complexity index is 868. The maximum Gasteiger partial charge on any atom is 0.238 e. The summed E-state index contributed by atoms with van der Waals surface area (Å²) in [6, 6.07) is 11.5. The van der Waals surface area contributed by atoms with Crippen molar-refractivity contribution in [2.24, 2.45) is 0 Å². The third-order valence-electron chi connectivity index (χ3n) is 5.19. The quantitative estimate of drug-likeness (QED) is 0.727. The highest BCUT2D eigenvalue weighted by Gasteiger charge is 2.26. The van der Waals surface area contributed by atoms with Gasteiger partial charge in [0.2, 0.25) is 11.8 Å². The second kappa shape index (κ2) is 10.3. The molecule has 0 unspecified atom stereocenters. The van der Waals surface area contributed by atoms with Crippen LogP contribution >= 0.6 is 0 Å². The average Bonchev–Trinajstić information content (AvgIpc) is 2.73. The number of nitrogens with zero attached hydrogens (tertiary/aromatic N) is 2. The number of rotatable bonds is 7. The van der Waals surface area contributed by atoms with Crippen LogP contribution in [0.25, 0.3) is 0 Å². The van der Waals surface area contributed by atoms with Crippen LogP contribution in [0.15, 0.2) is 48.5 Å². The lowest BCUT2D eigenvalue weighted by molar-refractivity contribution is -0.127. The molecule has 6 nitrogen and oxygen atoms in total. The Balaban J connectivity index is 1.40. The molecule has 1 fully saturated rings. The molecule has 8 heteroatoms. The van der Waals surface area contributed by atoms with Crippen molar-refractivity contribution in [3.63, 3.8) is 0 Å². The van der Waals surface area contributed by atoms with Crippen molar-refractivity contribution in [1.29, 1.82) is 0 Å². The van der Waals surface area contributed by atoms with Crippen LogP contribution in [0, 0.1) is 11.6 Å². The largest absolute Gasteiger partial charge is 0.351 e. The standard InChI is InChI=1S/C22H26F2N4O2/c1-16(22(30)25-14-17-5-7-18(23)8-6-17)28-11-9-27(10-12-28)15-21(29)26-20-4-2-3-19(24)13-20/h2-8,13,16H,9-12,14-15H2,1H3,(H,25,30)(H,26,29)/t16-/m0/s1. The lowest BCUT2D eigenvalue weighted by Crippen LogP contribution is -2.54. The average molecular weight is 416 g/mol. The summed E-state index contributed by atoms with van der Waals surface area (Å²) in [4.78, 5) is 28.7. The van der Waals surface area contributed by atoms with Crippen LogP contribution in [0.4, 0.5) is 14.5 Å². The molecule has 2 N–H and O–H groups in total. The molecular weight excluding hydrogens is 390 g/mol. The topological polar surface area (TPSA) is 64.7 Å².